The molecule has 158 valence electrons. The van der Waals surface area contributed by atoms with E-state index in [0.29, 0.717) is 36.9 Å². The molecule has 8 heteroatoms. The van der Waals surface area contributed by atoms with Crippen molar-refractivity contribution in [3.8, 4) is 5.88 Å². The van der Waals surface area contributed by atoms with Crippen molar-refractivity contribution in [2.75, 3.05) is 32.6 Å². The number of guanidine groups is 1. The number of hydrogen-bond donors (Lipinski definition) is 2. The van der Waals surface area contributed by atoms with Crippen molar-refractivity contribution in [1.29, 1.82) is 0 Å². The van der Waals surface area contributed by atoms with E-state index in [4.69, 9.17) is 14.5 Å². The molecule has 1 aromatic heterocycles. The van der Waals surface area contributed by atoms with Crippen LogP contribution in [0.5, 0.6) is 5.88 Å². The Kier molecular flexibility index (Phi) is 10.3. The Hall–Kier alpha value is -1.67. The van der Waals surface area contributed by atoms with Crippen LogP contribution in [0, 0.1) is 0 Å². The van der Waals surface area contributed by atoms with Crippen LogP contribution in [0.1, 0.15) is 45.1 Å². The second kappa shape index (κ2) is 12.7. The summed E-state index contributed by atoms with van der Waals surface area (Å²) in [7, 11) is 0.917. The van der Waals surface area contributed by atoms with Crippen LogP contribution in [-0.2, 0) is 22.1 Å². The number of hydrogen-bond acceptors (Lipinski definition) is 5. The Balaban J connectivity index is 1.99. The molecule has 1 aliphatic carbocycles. The van der Waals surface area contributed by atoms with Crippen LogP contribution in [0.4, 0.5) is 0 Å². The molecule has 1 aromatic rings. The fourth-order valence-corrected chi connectivity index (χ4v) is 4.67. The monoisotopic (exact) mass is 410 g/mol. The van der Waals surface area contributed by atoms with Gasteiger partial charge in [0, 0.05) is 53.3 Å². The maximum atomic E-state index is 12.2. The predicted octanol–water partition coefficient (Wildman–Crippen LogP) is 2.24. The quantitative estimate of drug-likeness (QED) is 0.350. The zero-order chi connectivity index (χ0) is 20.2. The maximum Gasteiger partial charge on any atom is 0.218 e. The number of rotatable bonds is 10. The van der Waals surface area contributed by atoms with Crippen LogP contribution < -0.4 is 15.4 Å². The van der Waals surface area contributed by atoms with Crippen molar-refractivity contribution >= 4 is 16.8 Å². The molecular formula is C20H34N4O3S. The molecule has 0 spiro atoms. The van der Waals surface area contributed by atoms with E-state index in [1.165, 1.54) is 0 Å². The third kappa shape index (κ3) is 7.39. The number of aliphatic imine (C=N–C) groups is 1. The lowest BCUT2D eigenvalue weighted by Crippen LogP contribution is -2.46. The van der Waals surface area contributed by atoms with E-state index in [1.807, 2.05) is 19.1 Å². The van der Waals surface area contributed by atoms with Gasteiger partial charge >= 0.3 is 0 Å². The number of aromatic nitrogens is 1. The van der Waals surface area contributed by atoms with E-state index in [0.717, 1.165) is 49.5 Å². The van der Waals surface area contributed by atoms with Gasteiger partial charge < -0.3 is 20.1 Å². The predicted molar refractivity (Wildman–Crippen MR) is 114 cm³/mol. The van der Waals surface area contributed by atoms with E-state index in [9.17, 15) is 4.21 Å². The van der Waals surface area contributed by atoms with Crippen molar-refractivity contribution in [2.45, 2.75) is 57.4 Å². The van der Waals surface area contributed by atoms with E-state index < -0.39 is 10.8 Å². The molecule has 28 heavy (non-hydrogen) atoms. The first kappa shape index (κ1) is 22.6. The Morgan fingerprint density at radius 1 is 1.36 bits per heavy atom. The molecule has 0 aromatic carbocycles. The van der Waals surface area contributed by atoms with Crippen molar-refractivity contribution in [1.82, 2.24) is 15.6 Å². The second-order valence-electron chi connectivity index (χ2n) is 6.80. The van der Waals surface area contributed by atoms with Crippen LogP contribution in [0.3, 0.4) is 0 Å². The first-order chi connectivity index (χ1) is 13.7. The smallest absolute Gasteiger partial charge is 0.218 e. The minimum absolute atomic E-state index is 0.290. The third-order valence-electron chi connectivity index (χ3n) is 4.75. The van der Waals surface area contributed by atoms with Crippen LogP contribution in [0.2, 0.25) is 0 Å². The number of nitrogens with one attached hydrogen (secondary N) is 2. The molecular weight excluding hydrogens is 376 g/mol. The van der Waals surface area contributed by atoms with Crippen molar-refractivity contribution < 1.29 is 13.7 Å². The summed E-state index contributed by atoms with van der Waals surface area (Å²) in [4.78, 5) is 9.03. The molecule has 1 heterocycles. The Morgan fingerprint density at radius 2 is 2.21 bits per heavy atom. The molecule has 0 amide bonds. The highest BCUT2D eigenvalue weighted by atomic mass is 32.2. The van der Waals surface area contributed by atoms with Gasteiger partial charge in [-0.05, 0) is 32.3 Å². The zero-order valence-corrected chi connectivity index (χ0v) is 18.1. The average Bonchev–Trinajstić information content (AvgIpc) is 2.73. The van der Waals surface area contributed by atoms with Gasteiger partial charge in [0.1, 0.15) is 6.61 Å². The highest BCUT2D eigenvalue weighted by molar-refractivity contribution is 7.85. The first-order valence-corrected chi connectivity index (χ1v) is 11.5. The van der Waals surface area contributed by atoms with E-state index >= 15 is 0 Å². The molecule has 2 N–H and O–H groups in total. The molecule has 3 unspecified atom stereocenters. The Morgan fingerprint density at radius 3 is 2.96 bits per heavy atom. The average molecular weight is 411 g/mol. The fraction of sp³-hybridized carbons (Fsp3) is 0.700. The van der Waals surface area contributed by atoms with Gasteiger partial charge in [-0.15, -0.1) is 0 Å². The van der Waals surface area contributed by atoms with Gasteiger partial charge in [-0.25, -0.2) is 9.98 Å². The minimum atomic E-state index is -0.729. The summed E-state index contributed by atoms with van der Waals surface area (Å²) in [6.07, 6.45) is 5.90. The largest absolute Gasteiger partial charge is 0.475 e. The third-order valence-corrected chi connectivity index (χ3v) is 6.49. The van der Waals surface area contributed by atoms with E-state index in [-0.39, 0.29) is 0 Å². The molecule has 3 atom stereocenters. The molecule has 0 aliphatic heterocycles. The van der Waals surface area contributed by atoms with Gasteiger partial charge in [0.2, 0.25) is 5.88 Å². The van der Waals surface area contributed by atoms with E-state index in [1.54, 1.807) is 13.3 Å². The summed E-state index contributed by atoms with van der Waals surface area (Å²) in [6.45, 7) is 6.29. The lowest BCUT2D eigenvalue weighted by atomic mass is 9.95. The molecule has 7 nitrogen and oxygen atoms in total. The molecule has 0 radical (unpaired) electrons. The lowest BCUT2D eigenvalue weighted by Gasteiger charge is -2.30. The fourth-order valence-electron chi connectivity index (χ4n) is 3.32. The summed E-state index contributed by atoms with van der Waals surface area (Å²) in [6, 6.07) is 4.17. The normalized spacial score (nSPS) is 21.2. The van der Waals surface area contributed by atoms with Crippen LogP contribution in [0.15, 0.2) is 23.3 Å². The second-order valence-corrected chi connectivity index (χ2v) is 8.81. The van der Waals surface area contributed by atoms with Gasteiger partial charge in [0.25, 0.3) is 0 Å². The number of pyridine rings is 1. The van der Waals surface area contributed by atoms with Gasteiger partial charge in [0.15, 0.2) is 5.96 Å². The van der Waals surface area contributed by atoms with Crippen molar-refractivity contribution in [3.05, 3.63) is 23.9 Å². The van der Waals surface area contributed by atoms with Crippen molar-refractivity contribution in [2.24, 2.45) is 4.99 Å². The van der Waals surface area contributed by atoms with Gasteiger partial charge in [-0.1, -0.05) is 19.4 Å². The Bertz CT molecular complexity index is 642. The molecule has 1 aliphatic rings. The standard InChI is InChI=1S/C20H34N4O3S/c1-4-21-20(24-17-9-6-10-18(14-17)28(25)5-2)23-15-16-8-7-11-22-19(16)27-13-12-26-3/h7-8,11,17-18H,4-6,9-10,12-15H2,1-3H3,(H2,21,23,24). The summed E-state index contributed by atoms with van der Waals surface area (Å²) < 4.78 is 22.9. The number of nitrogens with zero attached hydrogens (tertiary/aromatic N) is 2. The van der Waals surface area contributed by atoms with Crippen molar-refractivity contribution in [3.63, 3.8) is 0 Å². The van der Waals surface area contributed by atoms with Gasteiger partial charge in [0.05, 0.1) is 13.2 Å². The topological polar surface area (TPSA) is 84.8 Å². The minimum Gasteiger partial charge on any atom is -0.475 e. The van der Waals surface area contributed by atoms with Crippen LogP contribution in [0.25, 0.3) is 0 Å². The van der Waals surface area contributed by atoms with E-state index in [2.05, 4.69) is 22.5 Å². The first-order valence-electron chi connectivity index (χ1n) is 10.2. The van der Waals surface area contributed by atoms with Gasteiger partial charge in [-0.3, -0.25) is 4.21 Å². The number of ether oxygens (including phenoxy) is 2. The van der Waals surface area contributed by atoms with Crippen LogP contribution in [-0.4, -0.2) is 59.1 Å². The number of methoxy groups -OCH3 is 1. The molecule has 0 bridgehead atoms. The molecule has 1 saturated carbocycles. The van der Waals surface area contributed by atoms with Crippen LogP contribution >= 0.6 is 0 Å². The summed E-state index contributed by atoms with van der Waals surface area (Å²) in [5, 5.41) is 7.13. The molecule has 0 saturated heterocycles. The Labute approximate surface area is 171 Å². The van der Waals surface area contributed by atoms with Gasteiger partial charge in [-0.2, -0.15) is 0 Å². The molecule has 2 rings (SSSR count). The molecule has 1 fully saturated rings. The maximum absolute atomic E-state index is 12.2. The lowest BCUT2D eigenvalue weighted by molar-refractivity contribution is 0.143. The summed E-state index contributed by atoms with van der Waals surface area (Å²) in [5.74, 6) is 2.11. The zero-order valence-electron chi connectivity index (χ0n) is 17.3. The summed E-state index contributed by atoms with van der Waals surface area (Å²) in [5.41, 5.74) is 0.935. The summed E-state index contributed by atoms with van der Waals surface area (Å²) >= 11 is 0. The highest BCUT2D eigenvalue weighted by Crippen LogP contribution is 2.23. The SMILES string of the molecule is CCNC(=NCc1cccnc1OCCOC)NC1CCCC(S(=O)CC)C1. The highest BCUT2D eigenvalue weighted by Gasteiger charge is 2.26.